The second-order valence-electron chi connectivity index (χ2n) is 7.83. The SMILES string of the molecule is O=C(Nc1ccc2c(c1)OCO2)c1ccc(NC(=O)C2CC(=O)N(c3ccccc3)C2)cc1. The number of nitrogens with one attached hydrogen (secondary N) is 2. The van der Waals surface area contributed by atoms with E-state index in [2.05, 4.69) is 10.6 Å². The summed E-state index contributed by atoms with van der Waals surface area (Å²) in [4.78, 5) is 39.2. The summed E-state index contributed by atoms with van der Waals surface area (Å²) in [5, 5.41) is 5.65. The van der Waals surface area contributed by atoms with Crippen LogP contribution in [0.25, 0.3) is 0 Å². The van der Waals surface area contributed by atoms with Crippen molar-refractivity contribution in [3.05, 3.63) is 78.4 Å². The van der Waals surface area contributed by atoms with Gasteiger partial charge in [-0.25, -0.2) is 0 Å². The van der Waals surface area contributed by atoms with E-state index >= 15 is 0 Å². The van der Waals surface area contributed by atoms with Crippen LogP contribution < -0.4 is 25.0 Å². The van der Waals surface area contributed by atoms with Crippen LogP contribution in [0, 0.1) is 5.92 Å². The molecule has 2 heterocycles. The number of amides is 3. The fourth-order valence-corrected chi connectivity index (χ4v) is 3.87. The fraction of sp³-hybridized carbons (Fsp3) is 0.160. The number of carbonyl (C=O) groups excluding carboxylic acids is 3. The van der Waals surface area contributed by atoms with E-state index in [1.54, 1.807) is 47.4 Å². The van der Waals surface area contributed by atoms with Crippen molar-refractivity contribution in [2.24, 2.45) is 5.92 Å². The maximum atomic E-state index is 12.7. The number of anilines is 3. The van der Waals surface area contributed by atoms with Crippen LogP contribution in [0.1, 0.15) is 16.8 Å². The molecule has 2 N–H and O–H groups in total. The second-order valence-corrected chi connectivity index (χ2v) is 7.83. The molecule has 8 heteroatoms. The first-order chi connectivity index (χ1) is 16.1. The standard InChI is InChI=1S/C25H21N3O5/c29-23-12-17(14-28(23)20-4-2-1-3-5-20)25(31)26-18-8-6-16(7-9-18)24(30)27-19-10-11-21-22(13-19)33-15-32-21/h1-11,13,17H,12,14-15H2,(H,26,31)(H,27,30). The molecule has 166 valence electrons. The third-order valence-corrected chi connectivity index (χ3v) is 5.61. The van der Waals surface area contributed by atoms with Gasteiger partial charge >= 0.3 is 0 Å². The third kappa shape index (κ3) is 4.36. The summed E-state index contributed by atoms with van der Waals surface area (Å²) in [6, 6.07) is 21.1. The molecular formula is C25H21N3O5. The van der Waals surface area contributed by atoms with Crippen molar-refractivity contribution >= 4 is 34.8 Å². The van der Waals surface area contributed by atoms with Crippen molar-refractivity contribution in [2.75, 3.05) is 28.9 Å². The molecule has 8 nitrogen and oxygen atoms in total. The van der Waals surface area contributed by atoms with E-state index < -0.39 is 5.92 Å². The molecule has 0 bridgehead atoms. The van der Waals surface area contributed by atoms with E-state index in [4.69, 9.17) is 9.47 Å². The van der Waals surface area contributed by atoms with Gasteiger partial charge in [0.2, 0.25) is 18.6 Å². The number of ether oxygens (including phenoxy) is 2. The molecule has 1 fully saturated rings. The number of carbonyl (C=O) groups is 3. The van der Waals surface area contributed by atoms with Crippen LogP contribution in [0.2, 0.25) is 0 Å². The number of nitrogens with zero attached hydrogens (tertiary/aromatic N) is 1. The first-order valence-electron chi connectivity index (χ1n) is 10.5. The predicted octanol–water partition coefficient (Wildman–Crippen LogP) is 3.66. The van der Waals surface area contributed by atoms with Gasteiger partial charge in [-0.1, -0.05) is 18.2 Å². The highest BCUT2D eigenvalue weighted by Crippen LogP contribution is 2.34. The Labute approximate surface area is 190 Å². The lowest BCUT2D eigenvalue weighted by molar-refractivity contribution is -0.122. The summed E-state index contributed by atoms with van der Waals surface area (Å²) < 4.78 is 10.6. The minimum atomic E-state index is -0.438. The van der Waals surface area contributed by atoms with Crippen LogP contribution in [0.3, 0.4) is 0 Å². The molecule has 0 spiro atoms. The van der Waals surface area contributed by atoms with Gasteiger partial charge in [-0.3, -0.25) is 14.4 Å². The summed E-state index contributed by atoms with van der Waals surface area (Å²) in [5.41, 5.74) is 2.38. The number of rotatable bonds is 5. The van der Waals surface area contributed by atoms with Gasteiger partial charge in [0, 0.05) is 41.7 Å². The third-order valence-electron chi connectivity index (χ3n) is 5.61. The molecule has 1 atom stereocenters. The van der Waals surface area contributed by atoms with E-state index in [0.29, 0.717) is 35.0 Å². The highest BCUT2D eigenvalue weighted by Gasteiger charge is 2.35. The lowest BCUT2D eigenvalue weighted by atomic mass is 10.1. The van der Waals surface area contributed by atoms with E-state index in [1.165, 1.54) is 0 Å². The van der Waals surface area contributed by atoms with E-state index in [1.807, 2.05) is 30.3 Å². The molecule has 1 saturated heterocycles. The first-order valence-corrected chi connectivity index (χ1v) is 10.5. The summed E-state index contributed by atoms with van der Waals surface area (Å²) in [5.74, 6) is 0.209. The normalized spacial score (nSPS) is 16.5. The molecule has 0 radical (unpaired) electrons. The molecule has 33 heavy (non-hydrogen) atoms. The fourth-order valence-electron chi connectivity index (χ4n) is 3.87. The minimum absolute atomic E-state index is 0.0723. The van der Waals surface area contributed by atoms with Crippen LogP contribution >= 0.6 is 0 Å². The molecule has 5 rings (SSSR count). The van der Waals surface area contributed by atoms with E-state index in [-0.39, 0.29) is 30.9 Å². The van der Waals surface area contributed by atoms with Crippen LogP contribution in [-0.2, 0) is 9.59 Å². The lowest BCUT2D eigenvalue weighted by Crippen LogP contribution is -2.28. The van der Waals surface area contributed by atoms with Gasteiger partial charge in [0.1, 0.15) is 0 Å². The molecule has 1 unspecified atom stereocenters. The Kier molecular flexibility index (Phi) is 5.40. The zero-order chi connectivity index (χ0) is 22.8. The van der Waals surface area contributed by atoms with Crippen molar-refractivity contribution < 1.29 is 23.9 Å². The molecule has 0 aromatic heterocycles. The van der Waals surface area contributed by atoms with Gasteiger partial charge in [-0.05, 0) is 48.5 Å². The molecule has 0 saturated carbocycles. The highest BCUT2D eigenvalue weighted by atomic mass is 16.7. The summed E-state index contributed by atoms with van der Waals surface area (Å²) >= 11 is 0. The highest BCUT2D eigenvalue weighted by molar-refractivity contribution is 6.05. The smallest absolute Gasteiger partial charge is 0.255 e. The largest absolute Gasteiger partial charge is 0.454 e. The van der Waals surface area contributed by atoms with Gasteiger partial charge in [-0.2, -0.15) is 0 Å². The first kappa shape index (κ1) is 20.6. The van der Waals surface area contributed by atoms with Crippen LogP contribution in [0.4, 0.5) is 17.1 Å². The molecule has 2 aliphatic heterocycles. The Bertz CT molecular complexity index is 1210. The van der Waals surface area contributed by atoms with Crippen LogP contribution in [0.5, 0.6) is 11.5 Å². The van der Waals surface area contributed by atoms with E-state index in [0.717, 1.165) is 5.69 Å². The second kappa shape index (κ2) is 8.66. The van der Waals surface area contributed by atoms with Crippen LogP contribution in [0.15, 0.2) is 72.8 Å². The van der Waals surface area contributed by atoms with Crippen molar-refractivity contribution in [1.29, 1.82) is 0 Å². The Morgan fingerprint density at radius 3 is 2.36 bits per heavy atom. The van der Waals surface area contributed by atoms with Crippen LogP contribution in [-0.4, -0.2) is 31.1 Å². The maximum Gasteiger partial charge on any atom is 0.255 e. The van der Waals surface area contributed by atoms with Gasteiger partial charge in [0.05, 0.1) is 5.92 Å². The van der Waals surface area contributed by atoms with Gasteiger partial charge in [0.15, 0.2) is 11.5 Å². The van der Waals surface area contributed by atoms with Crippen molar-refractivity contribution in [3.8, 4) is 11.5 Å². The molecule has 2 aliphatic rings. The monoisotopic (exact) mass is 443 g/mol. The predicted molar refractivity (Wildman–Crippen MR) is 122 cm³/mol. The topological polar surface area (TPSA) is 97.0 Å². The number of fused-ring (bicyclic) bond motifs is 1. The lowest BCUT2D eigenvalue weighted by Gasteiger charge is -2.16. The van der Waals surface area contributed by atoms with E-state index in [9.17, 15) is 14.4 Å². The van der Waals surface area contributed by atoms with Crippen molar-refractivity contribution in [3.63, 3.8) is 0 Å². The van der Waals surface area contributed by atoms with Crippen molar-refractivity contribution in [2.45, 2.75) is 6.42 Å². The number of hydrogen-bond donors (Lipinski definition) is 2. The number of hydrogen-bond acceptors (Lipinski definition) is 5. The molecule has 3 aromatic rings. The van der Waals surface area contributed by atoms with Gasteiger partial charge in [-0.15, -0.1) is 0 Å². The summed E-state index contributed by atoms with van der Waals surface area (Å²) in [6.45, 7) is 0.504. The average Bonchev–Trinajstić information content (AvgIpc) is 3.46. The zero-order valence-electron chi connectivity index (χ0n) is 17.6. The minimum Gasteiger partial charge on any atom is -0.454 e. The number of para-hydroxylation sites is 1. The summed E-state index contributed by atoms with van der Waals surface area (Å²) in [7, 11) is 0. The Balaban J connectivity index is 1.19. The number of benzene rings is 3. The Hall–Kier alpha value is -4.33. The Morgan fingerprint density at radius 2 is 1.58 bits per heavy atom. The van der Waals surface area contributed by atoms with Gasteiger partial charge in [0.25, 0.3) is 5.91 Å². The maximum absolute atomic E-state index is 12.7. The quantitative estimate of drug-likeness (QED) is 0.627. The average molecular weight is 443 g/mol. The molecule has 0 aliphatic carbocycles. The summed E-state index contributed by atoms with van der Waals surface area (Å²) in [6.07, 6.45) is 0.163. The molecular weight excluding hydrogens is 422 g/mol. The van der Waals surface area contributed by atoms with Gasteiger partial charge < -0.3 is 25.0 Å². The molecule has 3 aromatic carbocycles. The van der Waals surface area contributed by atoms with Crippen molar-refractivity contribution in [1.82, 2.24) is 0 Å². The zero-order valence-corrected chi connectivity index (χ0v) is 17.6. The Morgan fingerprint density at radius 1 is 0.848 bits per heavy atom. The molecule has 3 amide bonds.